The van der Waals surface area contributed by atoms with Crippen molar-refractivity contribution < 1.29 is 9.53 Å². The SMILES string of the molecule is Cc1nc2cc(C(=O)NC[C@H](c3cccs3)N3CCOCC3)ccc2n1-c1ccccc1. The van der Waals surface area contributed by atoms with Gasteiger partial charge >= 0.3 is 0 Å². The molecule has 0 radical (unpaired) electrons. The summed E-state index contributed by atoms with van der Waals surface area (Å²) < 4.78 is 7.63. The third-order valence-corrected chi connectivity index (χ3v) is 6.89. The summed E-state index contributed by atoms with van der Waals surface area (Å²) >= 11 is 1.73. The Balaban J connectivity index is 1.35. The molecule has 2 aromatic heterocycles. The first-order valence-corrected chi connectivity index (χ1v) is 11.8. The Morgan fingerprint density at radius 1 is 1.12 bits per heavy atom. The molecule has 6 nitrogen and oxygen atoms in total. The van der Waals surface area contributed by atoms with E-state index in [1.807, 2.05) is 43.3 Å². The van der Waals surface area contributed by atoms with Crippen molar-refractivity contribution in [3.8, 4) is 5.69 Å². The summed E-state index contributed by atoms with van der Waals surface area (Å²) in [5.74, 6) is 0.822. The van der Waals surface area contributed by atoms with Gasteiger partial charge < -0.3 is 10.1 Å². The van der Waals surface area contributed by atoms with Gasteiger partial charge in [0.15, 0.2) is 0 Å². The Kier molecular flexibility index (Phi) is 6.03. The molecule has 3 heterocycles. The van der Waals surface area contributed by atoms with Gasteiger partial charge in [0.1, 0.15) is 5.82 Å². The smallest absolute Gasteiger partial charge is 0.251 e. The van der Waals surface area contributed by atoms with E-state index in [9.17, 15) is 4.79 Å². The zero-order valence-corrected chi connectivity index (χ0v) is 18.8. The molecular weight excluding hydrogens is 420 g/mol. The number of aryl methyl sites for hydroxylation is 1. The Morgan fingerprint density at radius 2 is 1.94 bits per heavy atom. The van der Waals surface area contributed by atoms with Gasteiger partial charge in [0.05, 0.1) is 30.3 Å². The summed E-state index contributed by atoms with van der Waals surface area (Å²) in [6.07, 6.45) is 0. The number of hydrogen-bond donors (Lipinski definition) is 1. The summed E-state index contributed by atoms with van der Waals surface area (Å²) in [7, 11) is 0. The van der Waals surface area contributed by atoms with Crippen molar-refractivity contribution in [3.63, 3.8) is 0 Å². The number of amides is 1. The molecule has 32 heavy (non-hydrogen) atoms. The zero-order valence-electron chi connectivity index (χ0n) is 18.0. The number of thiophene rings is 1. The molecule has 164 valence electrons. The lowest BCUT2D eigenvalue weighted by Crippen LogP contribution is -2.43. The normalized spacial score (nSPS) is 15.7. The van der Waals surface area contributed by atoms with Gasteiger partial charge in [0, 0.05) is 35.8 Å². The quantitative estimate of drug-likeness (QED) is 0.482. The summed E-state index contributed by atoms with van der Waals surface area (Å²) in [6.45, 7) is 5.77. The van der Waals surface area contributed by atoms with Gasteiger partial charge in [-0.1, -0.05) is 24.3 Å². The summed E-state index contributed by atoms with van der Waals surface area (Å²) in [4.78, 5) is 21.4. The highest BCUT2D eigenvalue weighted by molar-refractivity contribution is 7.10. The molecule has 0 saturated carbocycles. The summed E-state index contributed by atoms with van der Waals surface area (Å²) in [5, 5.41) is 5.24. The van der Waals surface area contributed by atoms with Crippen LogP contribution in [0.15, 0.2) is 66.0 Å². The number of morpholine rings is 1. The number of ether oxygens (including phenoxy) is 1. The van der Waals surface area contributed by atoms with E-state index < -0.39 is 0 Å². The third-order valence-electron chi connectivity index (χ3n) is 5.91. The lowest BCUT2D eigenvalue weighted by Gasteiger charge is -2.34. The zero-order chi connectivity index (χ0) is 21.9. The number of benzene rings is 2. The number of carbonyl (C=O) groups excluding carboxylic acids is 1. The average Bonchev–Trinajstić information content (AvgIpc) is 3.47. The highest BCUT2D eigenvalue weighted by atomic mass is 32.1. The van der Waals surface area contributed by atoms with Crippen LogP contribution in [0.2, 0.25) is 0 Å². The van der Waals surface area contributed by atoms with Gasteiger partial charge in [0.25, 0.3) is 5.91 Å². The fraction of sp³-hybridized carbons (Fsp3) is 0.280. The largest absolute Gasteiger partial charge is 0.379 e. The van der Waals surface area contributed by atoms with Crippen LogP contribution < -0.4 is 5.32 Å². The standard InChI is InChI=1S/C25H26N4O2S/c1-18-27-21-16-19(9-10-22(21)29(18)20-6-3-2-4-7-20)25(30)26-17-23(24-8-5-15-32-24)28-11-13-31-14-12-28/h2-10,15-16,23H,11-14,17H2,1H3,(H,26,30)/t23-/m1/s1. The second kappa shape index (κ2) is 9.24. The van der Waals surface area contributed by atoms with Gasteiger partial charge in [-0.05, 0) is 48.7 Å². The van der Waals surface area contributed by atoms with Crippen LogP contribution in [0.1, 0.15) is 27.1 Å². The number of nitrogens with zero attached hydrogens (tertiary/aromatic N) is 3. The van der Waals surface area contributed by atoms with Crippen LogP contribution in [0.4, 0.5) is 0 Å². The van der Waals surface area contributed by atoms with Crippen LogP contribution in [0, 0.1) is 6.92 Å². The lowest BCUT2D eigenvalue weighted by molar-refractivity contribution is 0.0169. The number of rotatable bonds is 6. The maximum atomic E-state index is 13.0. The van der Waals surface area contributed by atoms with Gasteiger partial charge in [0.2, 0.25) is 0 Å². The van der Waals surface area contributed by atoms with Crippen molar-refractivity contribution in [1.82, 2.24) is 19.8 Å². The van der Waals surface area contributed by atoms with E-state index in [1.54, 1.807) is 11.3 Å². The Morgan fingerprint density at radius 3 is 2.69 bits per heavy atom. The number of para-hydroxylation sites is 1. The first-order valence-electron chi connectivity index (χ1n) is 10.9. The van der Waals surface area contributed by atoms with E-state index in [1.165, 1.54) is 4.88 Å². The van der Waals surface area contributed by atoms with Gasteiger partial charge in [-0.25, -0.2) is 4.98 Å². The second-order valence-electron chi connectivity index (χ2n) is 7.92. The number of fused-ring (bicyclic) bond motifs is 1. The number of imidazole rings is 1. The lowest BCUT2D eigenvalue weighted by atomic mass is 10.1. The van der Waals surface area contributed by atoms with Crippen LogP contribution in [0.5, 0.6) is 0 Å². The maximum absolute atomic E-state index is 13.0. The number of aromatic nitrogens is 2. The molecule has 1 N–H and O–H groups in total. The van der Waals surface area contributed by atoms with Crippen LogP contribution in [-0.4, -0.2) is 53.2 Å². The molecule has 1 saturated heterocycles. The highest BCUT2D eigenvalue weighted by Crippen LogP contribution is 2.26. The molecule has 0 aliphatic carbocycles. The van der Waals surface area contributed by atoms with Crippen LogP contribution >= 0.6 is 11.3 Å². The van der Waals surface area contributed by atoms with Crippen LogP contribution in [-0.2, 0) is 4.74 Å². The van der Waals surface area contributed by atoms with Gasteiger partial charge in [-0.2, -0.15) is 0 Å². The van der Waals surface area contributed by atoms with Crippen molar-refractivity contribution in [2.45, 2.75) is 13.0 Å². The van der Waals surface area contributed by atoms with E-state index in [0.29, 0.717) is 12.1 Å². The van der Waals surface area contributed by atoms with Crippen LogP contribution in [0.25, 0.3) is 16.7 Å². The first-order chi connectivity index (χ1) is 15.7. The van der Waals surface area contributed by atoms with E-state index in [0.717, 1.165) is 48.8 Å². The molecule has 0 spiro atoms. The van der Waals surface area contributed by atoms with Crippen molar-refractivity contribution in [2.75, 3.05) is 32.8 Å². The Hall–Kier alpha value is -3.00. The van der Waals surface area contributed by atoms with E-state index in [4.69, 9.17) is 9.72 Å². The molecule has 1 amide bonds. The van der Waals surface area contributed by atoms with Crippen molar-refractivity contribution >= 4 is 28.3 Å². The average molecular weight is 447 g/mol. The fourth-order valence-electron chi connectivity index (χ4n) is 4.32. The highest BCUT2D eigenvalue weighted by Gasteiger charge is 2.24. The number of carbonyl (C=O) groups is 1. The third kappa shape index (κ3) is 4.19. The molecule has 1 atom stereocenters. The molecule has 2 aromatic carbocycles. The minimum absolute atomic E-state index is 0.0753. The van der Waals surface area contributed by atoms with Crippen molar-refractivity contribution in [1.29, 1.82) is 0 Å². The van der Waals surface area contributed by atoms with E-state index >= 15 is 0 Å². The second-order valence-corrected chi connectivity index (χ2v) is 8.90. The molecule has 1 aliphatic heterocycles. The number of nitrogens with one attached hydrogen (secondary N) is 1. The van der Waals surface area contributed by atoms with Gasteiger partial charge in [-0.15, -0.1) is 11.3 Å². The molecule has 1 aliphatic rings. The first kappa shape index (κ1) is 20.9. The van der Waals surface area contributed by atoms with E-state index in [2.05, 4.69) is 44.4 Å². The molecule has 0 bridgehead atoms. The van der Waals surface area contributed by atoms with Crippen LogP contribution in [0.3, 0.4) is 0 Å². The van der Waals surface area contributed by atoms with Crippen molar-refractivity contribution in [3.05, 3.63) is 82.3 Å². The summed E-state index contributed by atoms with van der Waals surface area (Å²) in [5.41, 5.74) is 3.51. The molecule has 1 fully saturated rings. The minimum Gasteiger partial charge on any atom is -0.379 e. The predicted octanol–water partition coefficient (Wildman–Crippen LogP) is 4.20. The molecule has 0 unspecified atom stereocenters. The molecule has 5 rings (SSSR count). The fourth-order valence-corrected chi connectivity index (χ4v) is 5.18. The maximum Gasteiger partial charge on any atom is 0.251 e. The topological polar surface area (TPSA) is 59.4 Å². The van der Waals surface area contributed by atoms with Gasteiger partial charge in [-0.3, -0.25) is 14.3 Å². The Labute approximate surface area is 191 Å². The monoisotopic (exact) mass is 446 g/mol. The summed E-state index contributed by atoms with van der Waals surface area (Å²) in [6, 6.07) is 20.3. The molecule has 4 aromatic rings. The molecule has 7 heteroatoms. The molecular formula is C25H26N4O2S. The van der Waals surface area contributed by atoms with Crippen molar-refractivity contribution in [2.24, 2.45) is 0 Å². The van der Waals surface area contributed by atoms with E-state index in [-0.39, 0.29) is 11.9 Å². The minimum atomic E-state index is -0.0753. The Bertz CT molecular complexity index is 1200. The number of hydrogen-bond acceptors (Lipinski definition) is 5. The predicted molar refractivity (Wildman–Crippen MR) is 128 cm³/mol.